The summed E-state index contributed by atoms with van der Waals surface area (Å²) in [6.07, 6.45) is 7.86. The summed E-state index contributed by atoms with van der Waals surface area (Å²) in [6.45, 7) is 3.27. The van der Waals surface area contributed by atoms with Crippen molar-refractivity contribution in [2.24, 2.45) is 0 Å². The van der Waals surface area contributed by atoms with E-state index in [0.29, 0.717) is 17.4 Å². The van der Waals surface area contributed by atoms with Gasteiger partial charge >= 0.3 is 0 Å². The van der Waals surface area contributed by atoms with Gasteiger partial charge in [0.1, 0.15) is 0 Å². The highest BCUT2D eigenvalue weighted by Crippen LogP contribution is 2.28. The predicted octanol–water partition coefficient (Wildman–Crippen LogP) is 1.47. The molecule has 1 aromatic heterocycles. The van der Waals surface area contributed by atoms with Gasteiger partial charge in [-0.3, -0.25) is 5.10 Å². The largest absolute Gasteiger partial charge is 0.313 e. The second-order valence-corrected chi connectivity index (χ2v) is 8.02. The molecule has 1 aliphatic carbocycles. The number of hydrogen-bond acceptors (Lipinski definition) is 5. The first-order valence-electron chi connectivity index (χ1n) is 7.36. The zero-order chi connectivity index (χ0) is 15.3. The predicted molar refractivity (Wildman–Crippen MR) is 85.8 cm³/mol. The van der Waals surface area contributed by atoms with Gasteiger partial charge in [0.25, 0.3) is 10.0 Å². The Morgan fingerprint density at radius 3 is 2.90 bits per heavy atom. The van der Waals surface area contributed by atoms with E-state index in [-0.39, 0.29) is 11.1 Å². The van der Waals surface area contributed by atoms with E-state index in [9.17, 15) is 8.42 Å². The van der Waals surface area contributed by atoms with Gasteiger partial charge in [-0.2, -0.15) is 16.9 Å². The molecule has 1 heterocycles. The summed E-state index contributed by atoms with van der Waals surface area (Å²) in [4.78, 5) is 0. The number of aromatic nitrogens is 2. The molecule has 3 N–H and O–H groups in total. The fourth-order valence-electron chi connectivity index (χ4n) is 2.69. The molecule has 8 heteroatoms. The Hall–Kier alpha value is -0.570. The van der Waals surface area contributed by atoms with Gasteiger partial charge in [0, 0.05) is 23.4 Å². The van der Waals surface area contributed by atoms with Gasteiger partial charge in [0.15, 0.2) is 5.03 Å². The molecule has 6 nitrogen and oxygen atoms in total. The molecule has 2 unspecified atom stereocenters. The highest BCUT2D eigenvalue weighted by molar-refractivity contribution is 7.99. The Labute approximate surface area is 130 Å². The molecule has 2 atom stereocenters. The summed E-state index contributed by atoms with van der Waals surface area (Å²) in [5, 5.41) is 10.2. The summed E-state index contributed by atoms with van der Waals surface area (Å²) in [5.41, 5.74) is 0.681. The molecule has 0 bridgehead atoms. The highest BCUT2D eigenvalue weighted by Gasteiger charge is 2.30. The minimum atomic E-state index is -3.54. The zero-order valence-corrected chi connectivity index (χ0v) is 14.2. The number of thioether (sulfide) groups is 1. The van der Waals surface area contributed by atoms with Crippen molar-refractivity contribution < 1.29 is 8.42 Å². The lowest BCUT2D eigenvalue weighted by Crippen LogP contribution is -2.44. The van der Waals surface area contributed by atoms with Gasteiger partial charge < -0.3 is 5.32 Å². The van der Waals surface area contributed by atoms with Crippen LogP contribution in [0, 0.1) is 0 Å². The fraction of sp³-hybridized carbons (Fsp3) is 0.769. The van der Waals surface area contributed by atoms with Crippen molar-refractivity contribution in [2.45, 2.75) is 55.5 Å². The smallest absolute Gasteiger partial charge is 0.258 e. The Kier molecular flexibility index (Phi) is 6.09. The van der Waals surface area contributed by atoms with Crippen LogP contribution >= 0.6 is 11.8 Å². The Morgan fingerprint density at radius 2 is 2.19 bits per heavy atom. The van der Waals surface area contributed by atoms with Crippen LogP contribution in [0.3, 0.4) is 0 Å². The van der Waals surface area contributed by atoms with Crippen LogP contribution in [-0.2, 0) is 16.6 Å². The molecule has 1 saturated carbocycles. The Morgan fingerprint density at radius 1 is 1.43 bits per heavy atom. The number of nitrogens with zero attached hydrogens (tertiary/aromatic N) is 1. The van der Waals surface area contributed by atoms with Crippen LogP contribution in [0.25, 0.3) is 0 Å². The summed E-state index contributed by atoms with van der Waals surface area (Å²) >= 11 is 1.74. The van der Waals surface area contributed by atoms with Gasteiger partial charge in [-0.05, 0) is 25.6 Å². The van der Waals surface area contributed by atoms with E-state index in [1.54, 1.807) is 18.0 Å². The van der Waals surface area contributed by atoms with Crippen LogP contribution < -0.4 is 10.0 Å². The average molecular weight is 332 g/mol. The topological polar surface area (TPSA) is 86.9 Å². The van der Waals surface area contributed by atoms with Gasteiger partial charge in [0.05, 0.1) is 6.20 Å². The third-order valence-corrected chi connectivity index (χ3v) is 6.50. The van der Waals surface area contributed by atoms with E-state index in [2.05, 4.69) is 20.2 Å². The molecular formula is C13H24N4O2S2. The lowest BCUT2D eigenvalue weighted by molar-refractivity contribution is 0.422. The molecule has 0 saturated heterocycles. The van der Waals surface area contributed by atoms with Crippen molar-refractivity contribution in [2.75, 3.05) is 12.8 Å². The molecule has 1 aromatic rings. The van der Waals surface area contributed by atoms with Gasteiger partial charge in [-0.15, -0.1) is 0 Å². The van der Waals surface area contributed by atoms with Crippen LogP contribution in [0.5, 0.6) is 0 Å². The van der Waals surface area contributed by atoms with Crippen LogP contribution in [0.2, 0.25) is 0 Å². The molecule has 2 rings (SSSR count). The molecule has 0 amide bonds. The summed E-state index contributed by atoms with van der Waals surface area (Å²) in [6, 6.07) is 0.00837. The minimum Gasteiger partial charge on any atom is -0.313 e. The van der Waals surface area contributed by atoms with E-state index < -0.39 is 10.0 Å². The normalized spacial score (nSPS) is 23.3. The quantitative estimate of drug-likeness (QED) is 0.704. The lowest BCUT2D eigenvalue weighted by atomic mass is 9.96. The maximum atomic E-state index is 12.6. The molecule has 0 radical (unpaired) electrons. The molecule has 120 valence electrons. The fourth-order valence-corrected chi connectivity index (χ4v) is 5.15. The van der Waals surface area contributed by atoms with Crippen molar-refractivity contribution in [1.82, 2.24) is 20.2 Å². The van der Waals surface area contributed by atoms with Crippen molar-refractivity contribution in [1.29, 1.82) is 0 Å². The molecule has 0 spiro atoms. The Bertz CT molecular complexity index is 544. The maximum absolute atomic E-state index is 12.6. The van der Waals surface area contributed by atoms with E-state index in [0.717, 1.165) is 25.8 Å². The van der Waals surface area contributed by atoms with Crippen molar-refractivity contribution in [3.05, 3.63) is 11.8 Å². The van der Waals surface area contributed by atoms with E-state index >= 15 is 0 Å². The standard InChI is InChI=1S/C13H24N4O2S2/c1-3-14-8-10-9-15-16-13(10)21(18,19)17-11-6-4-5-7-12(11)20-2/h9,11-12,14,17H,3-8H2,1-2H3,(H,15,16). The molecule has 21 heavy (non-hydrogen) atoms. The number of hydrogen-bond donors (Lipinski definition) is 3. The van der Waals surface area contributed by atoms with E-state index in [1.807, 2.05) is 13.2 Å². The number of aromatic amines is 1. The summed E-state index contributed by atoms with van der Waals surface area (Å²) in [5.74, 6) is 0. The van der Waals surface area contributed by atoms with Crippen LogP contribution in [0.4, 0.5) is 0 Å². The molecule has 0 aromatic carbocycles. The van der Waals surface area contributed by atoms with E-state index in [4.69, 9.17) is 0 Å². The molecule has 1 aliphatic rings. The van der Waals surface area contributed by atoms with Gasteiger partial charge in [0.2, 0.25) is 0 Å². The summed E-state index contributed by atoms with van der Waals surface area (Å²) in [7, 11) is -3.54. The van der Waals surface area contributed by atoms with Crippen molar-refractivity contribution >= 4 is 21.8 Å². The maximum Gasteiger partial charge on any atom is 0.258 e. The number of nitrogens with one attached hydrogen (secondary N) is 3. The lowest BCUT2D eigenvalue weighted by Gasteiger charge is -2.30. The van der Waals surface area contributed by atoms with Crippen molar-refractivity contribution in [3.8, 4) is 0 Å². The average Bonchev–Trinajstić information content (AvgIpc) is 2.94. The number of rotatable bonds is 7. The van der Waals surface area contributed by atoms with Gasteiger partial charge in [-0.1, -0.05) is 19.8 Å². The molecule has 0 aliphatic heterocycles. The van der Waals surface area contributed by atoms with Crippen molar-refractivity contribution in [3.63, 3.8) is 0 Å². The third-order valence-electron chi connectivity index (χ3n) is 3.82. The minimum absolute atomic E-state index is 0.00837. The number of H-pyrrole nitrogens is 1. The second-order valence-electron chi connectivity index (χ2n) is 5.29. The number of sulfonamides is 1. The summed E-state index contributed by atoms with van der Waals surface area (Å²) < 4.78 is 28.0. The molecular weight excluding hydrogens is 308 g/mol. The Balaban J connectivity index is 2.12. The molecule has 1 fully saturated rings. The van der Waals surface area contributed by atoms with E-state index in [1.165, 1.54) is 6.42 Å². The van der Waals surface area contributed by atoms with Crippen LogP contribution in [0.1, 0.15) is 38.2 Å². The SMILES string of the molecule is CCNCc1cn[nH]c1S(=O)(=O)NC1CCCCC1SC. The van der Waals surface area contributed by atoms with Crippen LogP contribution in [-0.4, -0.2) is 42.7 Å². The highest BCUT2D eigenvalue weighted by atomic mass is 32.2. The monoisotopic (exact) mass is 332 g/mol. The van der Waals surface area contributed by atoms with Gasteiger partial charge in [-0.25, -0.2) is 13.1 Å². The van der Waals surface area contributed by atoms with Crippen LogP contribution in [0.15, 0.2) is 11.2 Å². The third kappa shape index (κ3) is 4.21. The first-order chi connectivity index (χ1) is 10.1. The first-order valence-corrected chi connectivity index (χ1v) is 10.1. The second kappa shape index (κ2) is 7.62. The zero-order valence-electron chi connectivity index (χ0n) is 12.6. The first kappa shape index (κ1) is 16.8.